The molecule has 0 saturated heterocycles. The van der Waals surface area contributed by atoms with Crippen LogP contribution in [0, 0.1) is 13.8 Å². The van der Waals surface area contributed by atoms with Gasteiger partial charge in [-0.15, -0.1) is 0 Å². The van der Waals surface area contributed by atoms with Gasteiger partial charge < -0.3 is 18.6 Å². The second-order valence-corrected chi connectivity index (χ2v) is 8.69. The lowest BCUT2D eigenvalue weighted by atomic mass is 10.1. The number of nitrogens with zero attached hydrogens (tertiary/aromatic N) is 4. The largest absolute Gasteiger partial charge is 0.493 e. The number of aryl methyl sites for hydroxylation is 2. The SMILES string of the molecule is COc1cccc2cc(C(=O)N3Cc4nn(-c5ccc(C)cc5C)c(-n5cccc5)c4C3)oc12. The molecule has 0 unspecified atom stereocenters. The normalized spacial score (nSPS) is 13.0. The van der Waals surface area contributed by atoms with Crippen LogP contribution in [0.2, 0.25) is 0 Å². The van der Waals surface area contributed by atoms with E-state index in [1.807, 2.05) is 47.4 Å². The molecule has 7 nitrogen and oxygen atoms in total. The fourth-order valence-corrected chi connectivity index (χ4v) is 4.76. The Morgan fingerprint density at radius 3 is 2.62 bits per heavy atom. The van der Waals surface area contributed by atoms with Crippen LogP contribution < -0.4 is 4.74 Å². The number of rotatable bonds is 4. The van der Waals surface area contributed by atoms with Crippen molar-refractivity contribution in [3.05, 3.63) is 95.1 Å². The van der Waals surface area contributed by atoms with Gasteiger partial charge in [0.05, 0.1) is 31.6 Å². The first-order valence-corrected chi connectivity index (χ1v) is 11.2. The van der Waals surface area contributed by atoms with E-state index in [0.29, 0.717) is 30.2 Å². The summed E-state index contributed by atoms with van der Waals surface area (Å²) in [6, 6.07) is 17.7. The van der Waals surface area contributed by atoms with Crippen molar-refractivity contribution in [3.63, 3.8) is 0 Å². The van der Waals surface area contributed by atoms with Gasteiger partial charge in [0.1, 0.15) is 5.82 Å². The van der Waals surface area contributed by atoms with E-state index in [2.05, 4.69) is 36.6 Å². The Kier molecular flexibility index (Phi) is 4.58. The highest BCUT2D eigenvalue weighted by Gasteiger charge is 2.33. The third-order valence-electron chi connectivity index (χ3n) is 6.38. The number of fused-ring (bicyclic) bond motifs is 2. The van der Waals surface area contributed by atoms with Gasteiger partial charge in [-0.2, -0.15) is 5.10 Å². The van der Waals surface area contributed by atoms with E-state index in [1.165, 1.54) is 5.56 Å². The molecule has 0 fully saturated rings. The maximum atomic E-state index is 13.4. The topological polar surface area (TPSA) is 65.4 Å². The van der Waals surface area contributed by atoms with Crippen molar-refractivity contribution in [1.82, 2.24) is 19.2 Å². The van der Waals surface area contributed by atoms with Crippen LogP contribution in [0.25, 0.3) is 22.5 Å². The number of ether oxygens (including phenoxy) is 1. The van der Waals surface area contributed by atoms with Crippen LogP contribution in [0.1, 0.15) is 32.9 Å². The van der Waals surface area contributed by atoms with Gasteiger partial charge in [0, 0.05) is 23.3 Å². The van der Waals surface area contributed by atoms with E-state index in [4.69, 9.17) is 14.3 Å². The van der Waals surface area contributed by atoms with Gasteiger partial charge in [-0.05, 0) is 49.7 Å². The summed E-state index contributed by atoms with van der Waals surface area (Å²) in [4.78, 5) is 15.2. The number of furan rings is 1. The predicted molar refractivity (Wildman–Crippen MR) is 129 cm³/mol. The minimum Gasteiger partial charge on any atom is -0.493 e. The minimum atomic E-state index is -0.159. The predicted octanol–water partition coefficient (Wildman–Crippen LogP) is 5.19. The molecule has 5 aromatic rings. The van der Waals surface area contributed by atoms with Crippen molar-refractivity contribution < 1.29 is 13.9 Å². The van der Waals surface area contributed by atoms with Crippen LogP contribution in [-0.4, -0.2) is 32.3 Å². The lowest BCUT2D eigenvalue weighted by molar-refractivity contribution is 0.0719. The highest BCUT2D eigenvalue weighted by Crippen LogP contribution is 2.34. The number of hydrogen-bond acceptors (Lipinski definition) is 4. The Hall–Kier alpha value is -4.26. The Labute approximate surface area is 196 Å². The third kappa shape index (κ3) is 3.12. The molecule has 0 atom stereocenters. The van der Waals surface area contributed by atoms with Gasteiger partial charge in [0.15, 0.2) is 17.1 Å². The second-order valence-electron chi connectivity index (χ2n) is 8.69. The summed E-state index contributed by atoms with van der Waals surface area (Å²) in [7, 11) is 1.59. The molecule has 170 valence electrons. The molecule has 1 aliphatic rings. The monoisotopic (exact) mass is 452 g/mol. The summed E-state index contributed by atoms with van der Waals surface area (Å²) in [6.07, 6.45) is 4.01. The van der Waals surface area contributed by atoms with Crippen molar-refractivity contribution in [2.45, 2.75) is 26.9 Å². The number of amides is 1. The molecule has 1 amide bonds. The molecule has 2 aromatic carbocycles. The molecule has 1 aliphatic heterocycles. The average Bonchev–Trinajstić information content (AvgIpc) is 3.60. The molecule has 0 aliphatic carbocycles. The number of methoxy groups -OCH3 is 1. The Morgan fingerprint density at radius 1 is 1.03 bits per heavy atom. The maximum Gasteiger partial charge on any atom is 0.290 e. The lowest BCUT2D eigenvalue weighted by Gasteiger charge is -2.17. The fraction of sp³-hybridized carbons (Fsp3) is 0.185. The summed E-state index contributed by atoms with van der Waals surface area (Å²) >= 11 is 0. The summed E-state index contributed by atoms with van der Waals surface area (Å²) < 4.78 is 15.3. The molecule has 0 radical (unpaired) electrons. The van der Waals surface area contributed by atoms with Crippen LogP contribution in [0.4, 0.5) is 0 Å². The molecule has 3 aromatic heterocycles. The zero-order chi connectivity index (χ0) is 23.4. The molecule has 6 rings (SSSR count). The van der Waals surface area contributed by atoms with Gasteiger partial charge in [0.2, 0.25) is 0 Å². The van der Waals surface area contributed by atoms with E-state index >= 15 is 0 Å². The van der Waals surface area contributed by atoms with E-state index < -0.39 is 0 Å². The van der Waals surface area contributed by atoms with E-state index in [1.54, 1.807) is 18.1 Å². The number of aromatic nitrogens is 3. The van der Waals surface area contributed by atoms with E-state index in [9.17, 15) is 4.79 Å². The highest BCUT2D eigenvalue weighted by molar-refractivity contribution is 5.97. The fourth-order valence-electron chi connectivity index (χ4n) is 4.76. The standard InChI is InChI=1S/C27H24N4O3/c1-17-9-10-22(18(2)13-17)31-26(29-11-4-5-12-29)20-15-30(16-21(20)28-31)27(32)24-14-19-7-6-8-23(33-3)25(19)34-24/h4-14H,15-16H2,1-3H3. The number of hydrogen-bond donors (Lipinski definition) is 0. The second kappa shape index (κ2) is 7.66. The van der Waals surface area contributed by atoms with E-state index in [-0.39, 0.29) is 5.91 Å². The number of carbonyl (C=O) groups is 1. The summed E-state index contributed by atoms with van der Waals surface area (Å²) in [5.41, 5.74) is 5.91. The smallest absolute Gasteiger partial charge is 0.290 e. The lowest BCUT2D eigenvalue weighted by Crippen LogP contribution is -2.26. The summed E-state index contributed by atoms with van der Waals surface area (Å²) in [5, 5.41) is 5.80. The van der Waals surface area contributed by atoms with Gasteiger partial charge >= 0.3 is 0 Å². The Morgan fingerprint density at radius 2 is 1.85 bits per heavy atom. The average molecular weight is 453 g/mol. The van der Waals surface area contributed by atoms with Crippen LogP contribution in [0.3, 0.4) is 0 Å². The van der Waals surface area contributed by atoms with Crippen molar-refractivity contribution >= 4 is 16.9 Å². The first kappa shape index (κ1) is 20.4. The Balaban J connectivity index is 1.38. The van der Waals surface area contributed by atoms with Crippen LogP contribution in [0.15, 0.2) is 71.4 Å². The van der Waals surface area contributed by atoms with Crippen molar-refractivity contribution in [2.24, 2.45) is 0 Å². The molecule has 0 bridgehead atoms. The minimum absolute atomic E-state index is 0.159. The highest BCUT2D eigenvalue weighted by atomic mass is 16.5. The van der Waals surface area contributed by atoms with Gasteiger partial charge in [-0.1, -0.05) is 29.8 Å². The Bertz CT molecular complexity index is 1540. The first-order chi connectivity index (χ1) is 16.5. The third-order valence-corrected chi connectivity index (χ3v) is 6.38. The summed E-state index contributed by atoms with van der Waals surface area (Å²) in [6.45, 7) is 5.07. The number of para-hydroxylation sites is 1. The summed E-state index contributed by atoms with van der Waals surface area (Å²) in [5.74, 6) is 1.71. The van der Waals surface area contributed by atoms with Crippen molar-refractivity contribution in [2.75, 3.05) is 7.11 Å². The number of benzene rings is 2. The molecular formula is C27H24N4O3. The first-order valence-electron chi connectivity index (χ1n) is 11.2. The maximum absolute atomic E-state index is 13.4. The van der Waals surface area contributed by atoms with Gasteiger partial charge in [-0.25, -0.2) is 4.68 Å². The molecule has 7 heteroatoms. The number of carbonyl (C=O) groups excluding carboxylic acids is 1. The van der Waals surface area contributed by atoms with Crippen molar-refractivity contribution in [1.29, 1.82) is 0 Å². The zero-order valence-corrected chi connectivity index (χ0v) is 19.3. The quantitative estimate of drug-likeness (QED) is 0.376. The molecule has 34 heavy (non-hydrogen) atoms. The zero-order valence-electron chi connectivity index (χ0n) is 19.3. The van der Waals surface area contributed by atoms with Crippen LogP contribution in [-0.2, 0) is 13.1 Å². The van der Waals surface area contributed by atoms with Gasteiger partial charge in [0.25, 0.3) is 5.91 Å². The van der Waals surface area contributed by atoms with Crippen LogP contribution in [0.5, 0.6) is 5.75 Å². The molecule has 4 heterocycles. The molecule has 0 spiro atoms. The van der Waals surface area contributed by atoms with Gasteiger partial charge in [-0.3, -0.25) is 4.79 Å². The van der Waals surface area contributed by atoms with E-state index in [0.717, 1.165) is 33.7 Å². The molecule has 0 saturated carbocycles. The van der Waals surface area contributed by atoms with Crippen LogP contribution >= 0.6 is 0 Å². The molecule has 0 N–H and O–H groups in total. The molecular weight excluding hydrogens is 428 g/mol. The van der Waals surface area contributed by atoms with Crippen molar-refractivity contribution in [3.8, 4) is 17.3 Å².